The summed E-state index contributed by atoms with van der Waals surface area (Å²) in [7, 11) is 0. The van der Waals surface area contributed by atoms with Crippen molar-refractivity contribution in [2.24, 2.45) is 5.92 Å². The quantitative estimate of drug-likeness (QED) is 0.544. The molecule has 0 bridgehead atoms. The number of hydrogen-bond donors (Lipinski definition) is 1. The molecular formula is C12H26O. The fourth-order valence-electron chi connectivity index (χ4n) is 1.64. The van der Waals surface area contributed by atoms with Crippen LogP contribution in [0.25, 0.3) is 0 Å². The van der Waals surface area contributed by atoms with Crippen molar-refractivity contribution in [1.82, 2.24) is 0 Å². The summed E-state index contributed by atoms with van der Waals surface area (Å²) in [6, 6.07) is 0. The van der Waals surface area contributed by atoms with Gasteiger partial charge < -0.3 is 5.11 Å². The van der Waals surface area contributed by atoms with Crippen molar-refractivity contribution < 1.29 is 5.11 Å². The molecule has 1 atom stereocenters. The van der Waals surface area contributed by atoms with Gasteiger partial charge in [0.25, 0.3) is 0 Å². The van der Waals surface area contributed by atoms with E-state index in [0.29, 0.717) is 12.5 Å². The summed E-state index contributed by atoms with van der Waals surface area (Å²) in [4.78, 5) is 0. The third-order valence-electron chi connectivity index (χ3n) is 2.80. The van der Waals surface area contributed by atoms with E-state index < -0.39 is 0 Å². The van der Waals surface area contributed by atoms with Gasteiger partial charge in [-0.25, -0.2) is 0 Å². The summed E-state index contributed by atoms with van der Waals surface area (Å²) in [6.07, 6.45) is 10.5. The van der Waals surface area contributed by atoms with E-state index in [0.717, 1.165) is 6.42 Å². The fraction of sp³-hybridized carbons (Fsp3) is 1.00. The molecule has 0 spiro atoms. The number of unbranched alkanes of at least 4 members (excludes halogenated alkanes) is 5. The van der Waals surface area contributed by atoms with E-state index in [1.54, 1.807) is 0 Å². The van der Waals surface area contributed by atoms with Gasteiger partial charge in [0.1, 0.15) is 0 Å². The van der Waals surface area contributed by atoms with Gasteiger partial charge in [-0.2, -0.15) is 0 Å². The second-order valence-electron chi connectivity index (χ2n) is 4.01. The zero-order valence-corrected chi connectivity index (χ0v) is 9.39. The van der Waals surface area contributed by atoms with E-state index in [1.807, 2.05) is 0 Å². The molecule has 1 nitrogen and oxygen atoms in total. The lowest BCUT2D eigenvalue weighted by Gasteiger charge is -2.10. The molecule has 0 saturated heterocycles. The molecule has 80 valence electrons. The van der Waals surface area contributed by atoms with Crippen molar-refractivity contribution in [1.29, 1.82) is 0 Å². The Morgan fingerprint density at radius 2 is 1.54 bits per heavy atom. The largest absolute Gasteiger partial charge is 0.396 e. The molecule has 0 aliphatic carbocycles. The summed E-state index contributed by atoms with van der Waals surface area (Å²) in [6.45, 7) is 4.79. The van der Waals surface area contributed by atoms with Gasteiger partial charge in [0.2, 0.25) is 0 Å². The molecule has 0 aromatic rings. The van der Waals surface area contributed by atoms with Gasteiger partial charge in [-0.3, -0.25) is 0 Å². The van der Waals surface area contributed by atoms with Crippen molar-refractivity contribution >= 4 is 0 Å². The third kappa shape index (κ3) is 8.29. The van der Waals surface area contributed by atoms with Gasteiger partial charge in [-0.05, 0) is 12.3 Å². The standard InChI is InChI=1S/C12H26O/c1-3-5-6-7-8-9-10-12(4-2)11-13/h12-13H,3-11H2,1-2H3/t12-/m1/s1. The van der Waals surface area contributed by atoms with E-state index in [9.17, 15) is 0 Å². The van der Waals surface area contributed by atoms with E-state index in [4.69, 9.17) is 5.11 Å². The molecule has 0 saturated carbocycles. The van der Waals surface area contributed by atoms with Crippen LogP contribution in [0.2, 0.25) is 0 Å². The van der Waals surface area contributed by atoms with Gasteiger partial charge in [0.05, 0.1) is 0 Å². The minimum Gasteiger partial charge on any atom is -0.396 e. The van der Waals surface area contributed by atoms with Gasteiger partial charge in [0.15, 0.2) is 0 Å². The van der Waals surface area contributed by atoms with Crippen LogP contribution in [-0.2, 0) is 0 Å². The van der Waals surface area contributed by atoms with Crippen molar-refractivity contribution in [2.45, 2.75) is 65.2 Å². The topological polar surface area (TPSA) is 20.2 Å². The highest BCUT2D eigenvalue weighted by molar-refractivity contribution is 4.55. The van der Waals surface area contributed by atoms with Crippen LogP contribution in [0.3, 0.4) is 0 Å². The summed E-state index contributed by atoms with van der Waals surface area (Å²) in [5, 5.41) is 8.97. The average Bonchev–Trinajstić information content (AvgIpc) is 2.17. The van der Waals surface area contributed by atoms with Gasteiger partial charge in [-0.15, -0.1) is 0 Å². The SMILES string of the molecule is CCCCCCCC[C@@H](CC)CO. The summed E-state index contributed by atoms with van der Waals surface area (Å²) in [5.41, 5.74) is 0. The first kappa shape index (κ1) is 13.0. The number of rotatable bonds is 9. The Labute approximate surface area is 83.5 Å². The Balaban J connectivity index is 3.05. The van der Waals surface area contributed by atoms with Crippen molar-refractivity contribution in [3.8, 4) is 0 Å². The minimum absolute atomic E-state index is 0.380. The zero-order chi connectivity index (χ0) is 9.94. The third-order valence-corrected chi connectivity index (χ3v) is 2.80. The summed E-state index contributed by atoms with van der Waals surface area (Å²) < 4.78 is 0. The zero-order valence-electron chi connectivity index (χ0n) is 9.39. The van der Waals surface area contributed by atoms with Crippen LogP contribution in [-0.4, -0.2) is 11.7 Å². The van der Waals surface area contributed by atoms with Crippen LogP contribution in [0.4, 0.5) is 0 Å². The van der Waals surface area contributed by atoms with Crippen molar-refractivity contribution in [2.75, 3.05) is 6.61 Å². The predicted octanol–water partition coefficient (Wildman–Crippen LogP) is 3.76. The Kier molecular flexibility index (Phi) is 10.0. The summed E-state index contributed by atoms with van der Waals surface area (Å²) in [5.74, 6) is 0.561. The highest BCUT2D eigenvalue weighted by atomic mass is 16.3. The van der Waals surface area contributed by atoms with Crippen LogP contribution in [0.1, 0.15) is 65.2 Å². The molecule has 0 amide bonds. The van der Waals surface area contributed by atoms with Crippen molar-refractivity contribution in [3.05, 3.63) is 0 Å². The molecule has 0 aromatic heterocycles. The lowest BCUT2D eigenvalue weighted by molar-refractivity contribution is 0.211. The van der Waals surface area contributed by atoms with Crippen LogP contribution in [0.5, 0.6) is 0 Å². The molecule has 0 rings (SSSR count). The minimum atomic E-state index is 0.380. The number of aliphatic hydroxyl groups excluding tert-OH is 1. The molecule has 0 unspecified atom stereocenters. The monoisotopic (exact) mass is 186 g/mol. The molecule has 1 heteroatoms. The van der Waals surface area contributed by atoms with E-state index >= 15 is 0 Å². The maximum Gasteiger partial charge on any atom is 0.0459 e. The van der Waals surface area contributed by atoms with Gasteiger partial charge in [0, 0.05) is 6.61 Å². The lowest BCUT2D eigenvalue weighted by Crippen LogP contribution is -2.03. The smallest absolute Gasteiger partial charge is 0.0459 e. The van der Waals surface area contributed by atoms with Gasteiger partial charge >= 0.3 is 0 Å². The first-order valence-corrected chi connectivity index (χ1v) is 5.96. The normalized spacial score (nSPS) is 13.2. The Hall–Kier alpha value is -0.0400. The maximum atomic E-state index is 8.97. The lowest BCUT2D eigenvalue weighted by atomic mass is 9.99. The second kappa shape index (κ2) is 10.0. The molecule has 0 fully saturated rings. The maximum absolute atomic E-state index is 8.97. The average molecular weight is 186 g/mol. The molecular weight excluding hydrogens is 160 g/mol. The molecule has 0 aliphatic rings. The van der Waals surface area contributed by atoms with E-state index in [1.165, 1.54) is 44.9 Å². The van der Waals surface area contributed by atoms with E-state index in [-0.39, 0.29) is 0 Å². The number of aliphatic hydroxyl groups is 1. The molecule has 0 aliphatic heterocycles. The van der Waals surface area contributed by atoms with Crippen LogP contribution in [0.15, 0.2) is 0 Å². The highest BCUT2D eigenvalue weighted by Gasteiger charge is 2.02. The van der Waals surface area contributed by atoms with Gasteiger partial charge in [-0.1, -0.05) is 58.8 Å². The van der Waals surface area contributed by atoms with Crippen LogP contribution >= 0.6 is 0 Å². The van der Waals surface area contributed by atoms with Crippen molar-refractivity contribution in [3.63, 3.8) is 0 Å². The Morgan fingerprint density at radius 3 is 2.08 bits per heavy atom. The second-order valence-corrected chi connectivity index (χ2v) is 4.01. The Morgan fingerprint density at radius 1 is 0.923 bits per heavy atom. The van der Waals surface area contributed by atoms with Crippen LogP contribution in [0, 0.1) is 5.92 Å². The molecule has 0 radical (unpaired) electrons. The molecule has 13 heavy (non-hydrogen) atoms. The number of hydrogen-bond acceptors (Lipinski definition) is 1. The van der Waals surface area contributed by atoms with E-state index in [2.05, 4.69) is 13.8 Å². The molecule has 1 N–H and O–H groups in total. The van der Waals surface area contributed by atoms with Crippen LogP contribution < -0.4 is 0 Å². The molecule has 0 aromatic carbocycles. The Bertz CT molecular complexity index is 87.1. The fourth-order valence-corrected chi connectivity index (χ4v) is 1.64. The highest BCUT2D eigenvalue weighted by Crippen LogP contribution is 2.14. The predicted molar refractivity (Wildman–Crippen MR) is 58.9 cm³/mol. The summed E-state index contributed by atoms with van der Waals surface area (Å²) >= 11 is 0. The molecule has 0 heterocycles. The first-order valence-electron chi connectivity index (χ1n) is 5.96. The first-order chi connectivity index (χ1) is 6.35.